The van der Waals surface area contributed by atoms with Gasteiger partial charge in [-0.05, 0) is 36.2 Å². The number of carbonyl (C=O) groups excluding carboxylic acids is 2. The van der Waals surface area contributed by atoms with Crippen molar-refractivity contribution in [3.8, 4) is 0 Å². The fourth-order valence-corrected chi connectivity index (χ4v) is 1.95. The molecule has 0 radical (unpaired) electrons. The Balaban J connectivity index is 1.69. The van der Waals surface area contributed by atoms with E-state index in [0.29, 0.717) is 17.8 Å². The van der Waals surface area contributed by atoms with Gasteiger partial charge >= 0.3 is 0 Å². The van der Waals surface area contributed by atoms with Crippen LogP contribution in [0.25, 0.3) is 0 Å². The Morgan fingerprint density at radius 1 is 0.909 bits per heavy atom. The molecule has 0 atom stereocenters. The molecule has 0 aliphatic heterocycles. The molecule has 0 aliphatic carbocycles. The number of hydrogen-bond donors (Lipinski definition) is 3. The Labute approximate surface area is 129 Å². The number of hydrogen-bond acceptors (Lipinski definition) is 3. The zero-order valence-electron chi connectivity index (χ0n) is 12.2. The highest BCUT2D eigenvalue weighted by molar-refractivity contribution is 5.96. The molecule has 5 nitrogen and oxygen atoms in total. The molecule has 0 unspecified atom stereocenters. The van der Waals surface area contributed by atoms with E-state index in [9.17, 15) is 9.59 Å². The predicted molar refractivity (Wildman–Crippen MR) is 86.3 cm³/mol. The van der Waals surface area contributed by atoms with Gasteiger partial charge in [-0.1, -0.05) is 30.3 Å². The third kappa shape index (κ3) is 4.94. The quantitative estimate of drug-likeness (QED) is 0.704. The van der Waals surface area contributed by atoms with Gasteiger partial charge in [0.15, 0.2) is 0 Å². The van der Waals surface area contributed by atoms with Gasteiger partial charge in [0.2, 0.25) is 5.91 Å². The number of anilines is 1. The van der Waals surface area contributed by atoms with Crippen LogP contribution in [-0.4, -0.2) is 24.9 Å². The molecule has 0 heterocycles. The van der Waals surface area contributed by atoms with Crippen LogP contribution in [0.2, 0.25) is 0 Å². The van der Waals surface area contributed by atoms with Crippen molar-refractivity contribution in [3.63, 3.8) is 0 Å². The van der Waals surface area contributed by atoms with Crippen LogP contribution in [0.4, 0.5) is 5.69 Å². The summed E-state index contributed by atoms with van der Waals surface area (Å²) >= 11 is 0. The Kier molecular flexibility index (Phi) is 5.54. The third-order valence-electron chi connectivity index (χ3n) is 3.16. The Morgan fingerprint density at radius 2 is 1.59 bits per heavy atom. The summed E-state index contributed by atoms with van der Waals surface area (Å²) in [5.74, 6) is -0.502. The Hall–Kier alpha value is -2.82. The van der Waals surface area contributed by atoms with Gasteiger partial charge in [-0.25, -0.2) is 0 Å². The van der Waals surface area contributed by atoms with Crippen molar-refractivity contribution in [1.82, 2.24) is 10.6 Å². The van der Waals surface area contributed by atoms with Crippen LogP contribution in [0.3, 0.4) is 0 Å². The molecule has 114 valence electrons. The van der Waals surface area contributed by atoms with E-state index in [1.807, 2.05) is 30.3 Å². The lowest BCUT2D eigenvalue weighted by atomic mass is 10.1. The Morgan fingerprint density at radius 3 is 2.27 bits per heavy atom. The van der Waals surface area contributed by atoms with E-state index in [0.717, 1.165) is 12.0 Å². The van der Waals surface area contributed by atoms with Crippen LogP contribution >= 0.6 is 0 Å². The van der Waals surface area contributed by atoms with Crippen molar-refractivity contribution in [2.45, 2.75) is 6.42 Å². The molecule has 2 rings (SSSR count). The highest BCUT2D eigenvalue weighted by Gasteiger charge is 2.07. The second kappa shape index (κ2) is 7.83. The van der Waals surface area contributed by atoms with Crippen LogP contribution in [0, 0.1) is 0 Å². The molecule has 0 aliphatic rings. The molecule has 0 spiro atoms. The van der Waals surface area contributed by atoms with Crippen LogP contribution in [0.5, 0.6) is 0 Å². The Bertz CT molecular complexity index is 624. The average Bonchev–Trinajstić information content (AvgIpc) is 2.54. The second-order valence-electron chi connectivity index (χ2n) is 4.89. The molecule has 0 saturated carbocycles. The van der Waals surface area contributed by atoms with Gasteiger partial charge < -0.3 is 16.4 Å². The second-order valence-corrected chi connectivity index (χ2v) is 4.89. The average molecular weight is 297 g/mol. The summed E-state index contributed by atoms with van der Waals surface area (Å²) in [4.78, 5) is 23.5. The summed E-state index contributed by atoms with van der Waals surface area (Å²) < 4.78 is 0. The lowest BCUT2D eigenvalue weighted by molar-refractivity contribution is -0.120. The maximum absolute atomic E-state index is 11.8. The maximum atomic E-state index is 11.8. The lowest BCUT2D eigenvalue weighted by Gasteiger charge is -2.07. The van der Waals surface area contributed by atoms with Gasteiger partial charge in [-0.3, -0.25) is 9.59 Å². The monoisotopic (exact) mass is 297 g/mol. The molecule has 22 heavy (non-hydrogen) atoms. The van der Waals surface area contributed by atoms with Crippen LogP contribution in [0.15, 0.2) is 54.6 Å². The third-order valence-corrected chi connectivity index (χ3v) is 3.16. The van der Waals surface area contributed by atoms with E-state index in [4.69, 9.17) is 5.73 Å². The molecule has 0 saturated heterocycles. The fraction of sp³-hybridized carbons (Fsp3) is 0.176. The highest BCUT2D eigenvalue weighted by Crippen LogP contribution is 2.04. The van der Waals surface area contributed by atoms with Crippen molar-refractivity contribution < 1.29 is 9.59 Å². The SMILES string of the molecule is Nc1ccc(C(=O)NCC(=O)NCCc2ccccc2)cc1. The summed E-state index contributed by atoms with van der Waals surface area (Å²) in [6.07, 6.45) is 0.762. The predicted octanol–water partition coefficient (Wildman–Crippen LogP) is 1.36. The summed E-state index contributed by atoms with van der Waals surface area (Å²) in [7, 11) is 0. The van der Waals surface area contributed by atoms with E-state index in [2.05, 4.69) is 10.6 Å². The molecule has 2 aromatic carbocycles. The normalized spacial score (nSPS) is 10.0. The first-order valence-electron chi connectivity index (χ1n) is 7.09. The maximum Gasteiger partial charge on any atom is 0.251 e. The molecule has 0 fully saturated rings. The van der Waals surface area contributed by atoms with Crippen molar-refractivity contribution in [1.29, 1.82) is 0 Å². The molecule has 4 N–H and O–H groups in total. The van der Waals surface area contributed by atoms with Gasteiger partial charge in [0.05, 0.1) is 6.54 Å². The van der Waals surface area contributed by atoms with Crippen LogP contribution in [0.1, 0.15) is 15.9 Å². The smallest absolute Gasteiger partial charge is 0.251 e. The standard InChI is InChI=1S/C17H19N3O2/c18-15-8-6-14(7-9-15)17(22)20-12-16(21)19-11-10-13-4-2-1-3-5-13/h1-9H,10-12,18H2,(H,19,21)(H,20,22). The first-order chi connectivity index (χ1) is 10.6. The molecule has 0 bridgehead atoms. The molecule has 2 amide bonds. The zero-order valence-corrected chi connectivity index (χ0v) is 12.2. The fourth-order valence-electron chi connectivity index (χ4n) is 1.95. The van der Waals surface area contributed by atoms with Crippen molar-refractivity contribution >= 4 is 17.5 Å². The minimum atomic E-state index is -0.293. The first kappa shape index (κ1) is 15.6. The van der Waals surface area contributed by atoms with Crippen molar-refractivity contribution in [2.75, 3.05) is 18.8 Å². The summed E-state index contributed by atoms with van der Waals surface area (Å²) in [5, 5.41) is 5.35. The van der Waals surface area contributed by atoms with Gasteiger partial charge in [0, 0.05) is 17.8 Å². The van der Waals surface area contributed by atoms with Crippen molar-refractivity contribution in [2.24, 2.45) is 0 Å². The minimum absolute atomic E-state index is 0.0437. The van der Waals surface area contributed by atoms with E-state index < -0.39 is 0 Å². The largest absolute Gasteiger partial charge is 0.399 e. The number of nitrogen functional groups attached to an aromatic ring is 1. The first-order valence-corrected chi connectivity index (χ1v) is 7.09. The van der Waals surface area contributed by atoms with Gasteiger partial charge in [0.1, 0.15) is 0 Å². The number of nitrogens with two attached hydrogens (primary N) is 1. The molecule has 0 aromatic heterocycles. The zero-order chi connectivity index (χ0) is 15.8. The number of carbonyl (C=O) groups is 2. The highest BCUT2D eigenvalue weighted by atomic mass is 16.2. The van der Waals surface area contributed by atoms with Crippen molar-refractivity contribution in [3.05, 3.63) is 65.7 Å². The van der Waals surface area contributed by atoms with E-state index >= 15 is 0 Å². The van der Waals surface area contributed by atoms with Crippen LogP contribution in [-0.2, 0) is 11.2 Å². The number of rotatable bonds is 6. The number of benzene rings is 2. The van der Waals surface area contributed by atoms with Gasteiger partial charge in [-0.15, -0.1) is 0 Å². The number of nitrogens with one attached hydrogen (secondary N) is 2. The van der Waals surface area contributed by atoms with E-state index in [1.165, 1.54) is 0 Å². The molecule has 5 heteroatoms. The van der Waals surface area contributed by atoms with E-state index in [1.54, 1.807) is 24.3 Å². The minimum Gasteiger partial charge on any atom is -0.399 e. The summed E-state index contributed by atoms with van der Waals surface area (Å²) in [5.41, 5.74) is 7.79. The van der Waals surface area contributed by atoms with E-state index in [-0.39, 0.29) is 18.4 Å². The summed E-state index contributed by atoms with van der Waals surface area (Å²) in [6, 6.07) is 16.4. The van der Waals surface area contributed by atoms with Crippen LogP contribution < -0.4 is 16.4 Å². The molecular weight excluding hydrogens is 278 g/mol. The van der Waals surface area contributed by atoms with Gasteiger partial charge in [-0.2, -0.15) is 0 Å². The molecule has 2 aromatic rings. The lowest BCUT2D eigenvalue weighted by Crippen LogP contribution is -2.37. The van der Waals surface area contributed by atoms with Gasteiger partial charge in [0.25, 0.3) is 5.91 Å². The molecular formula is C17H19N3O2. The number of amides is 2. The summed E-state index contributed by atoms with van der Waals surface area (Å²) in [6.45, 7) is 0.499. The topological polar surface area (TPSA) is 84.2 Å².